The molecule has 0 amide bonds. The van der Waals surface area contributed by atoms with E-state index in [9.17, 15) is 4.79 Å². The molecule has 26 heavy (non-hydrogen) atoms. The van der Waals surface area contributed by atoms with E-state index >= 15 is 0 Å². The summed E-state index contributed by atoms with van der Waals surface area (Å²) < 4.78 is 11.0. The predicted octanol–water partition coefficient (Wildman–Crippen LogP) is 3.27. The van der Waals surface area contributed by atoms with Gasteiger partial charge in [-0.25, -0.2) is 9.89 Å². The first-order chi connectivity index (χ1) is 12.4. The monoisotopic (exact) mass is 380 g/mol. The van der Waals surface area contributed by atoms with Gasteiger partial charge in [0.25, 0.3) is 0 Å². The molecule has 1 atom stereocenters. The lowest BCUT2D eigenvalue weighted by molar-refractivity contribution is 0.243. The van der Waals surface area contributed by atoms with Crippen LogP contribution in [0.4, 0.5) is 5.69 Å². The number of nitrogens with one attached hydrogen (secondary N) is 3. The zero-order chi connectivity index (χ0) is 18.7. The largest absolute Gasteiger partial charge is 0.487 e. The Morgan fingerprint density at radius 1 is 1.31 bits per heavy atom. The van der Waals surface area contributed by atoms with Crippen LogP contribution in [0.2, 0.25) is 5.02 Å². The Morgan fingerprint density at radius 3 is 2.65 bits per heavy atom. The number of piperidine rings is 1. The molecule has 0 spiro atoms. The Morgan fingerprint density at radius 2 is 2.04 bits per heavy atom. The van der Waals surface area contributed by atoms with Gasteiger partial charge in [-0.2, -0.15) is 0 Å². The summed E-state index contributed by atoms with van der Waals surface area (Å²) in [5.74, 6) is 0.764. The van der Waals surface area contributed by atoms with Crippen molar-refractivity contribution in [2.45, 2.75) is 45.8 Å². The zero-order valence-corrected chi connectivity index (χ0v) is 16.0. The molecule has 1 aliphatic heterocycles. The molecule has 7 nitrogen and oxygen atoms in total. The smallest absolute Gasteiger partial charge is 0.434 e. The first-order valence-electron chi connectivity index (χ1n) is 8.97. The molecule has 2 aromatic rings. The number of aromatic nitrogens is 2. The van der Waals surface area contributed by atoms with Crippen LogP contribution in [0.25, 0.3) is 11.5 Å². The summed E-state index contributed by atoms with van der Waals surface area (Å²) in [4.78, 5) is 11.3. The van der Waals surface area contributed by atoms with Crippen molar-refractivity contribution in [1.29, 1.82) is 0 Å². The van der Waals surface area contributed by atoms with E-state index < -0.39 is 5.76 Å². The van der Waals surface area contributed by atoms with Crippen LogP contribution in [-0.4, -0.2) is 35.4 Å². The van der Waals surface area contributed by atoms with E-state index in [1.165, 1.54) is 0 Å². The van der Waals surface area contributed by atoms with Crippen LogP contribution in [-0.2, 0) is 0 Å². The average molecular weight is 381 g/mol. The van der Waals surface area contributed by atoms with E-state index in [4.69, 9.17) is 20.8 Å². The van der Waals surface area contributed by atoms with E-state index in [-0.39, 0.29) is 18.0 Å². The molecular weight excluding hydrogens is 356 g/mol. The van der Waals surface area contributed by atoms with E-state index in [0.29, 0.717) is 22.3 Å². The van der Waals surface area contributed by atoms with Gasteiger partial charge >= 0.3 is 5.76 Å². The second kappa shape index (κ2) is 8.14. The normalized spacial score (nSPS) is 16.7. The number of anilines is 1. The molecule has 0 unspecified atom stereocenters. The molecule has 0 aliphatic carbocycles. The maximum absolute atomic E-state index is 11.3. The van der Waals surface area contributed by atoms with Crippen LogP contribution >= 0.6 is 11.6 Å². The third-order valence-electron chi connectivity index (χ3n) is 4.56. The fraction of sp³-hybridized carbons (Fsp3) is 0.556. The lowest BCUT2D eigenvalue weighted by Crippen LogP contribution is -2.36. The maximum atomic E-state index is 11.3. The molecule has 0 bridgehead atoms. The third kappa shape index (κ3) is 4.40. The number of ether oxygens (including phenoxy) is 1. The number of rotatable bonds is 6. The third-order valence-corrected chi connectivity index (χ3v) is 4.84. The molecule has 3 rings (SSSR count). The number of halogens is 1. The summed E-state index contributed by atoms with van der Waals surface area (Å²) in [7, 11) is 0. The van der Waals surface area contributed by atoms with Gasteiger partial charge in [-0.1, -0.05) is 11.6 Å². The summed E-state index contributed by atoms with van der Waals surface area (Å²) >= 11 is 6.47. The van der Waals surface area contributed by atoms with Gasteiger partial charge in [0.05, 0.1) is 16.8 Å². The van der Waals surface area contributed by atoms with Crippen molar-refractivity contribution in [1.82, 2.24) is 15.5 Å². The molecule has 1 aromatic heterocycles. The molecular formula is C18H25ClN4O3. The minimum Gasteiger partial charge on any atom is -0.487 e. The van der Waals surface area contributed by atoms with Crippen molar-refractivity contribution in [2.24, 2.45) is 5.92 Å². The number of H-pyrrole nitrogens is 1. The SMILES string of the molecule is CC(C)Oc1c(Cl)cc(-c2n[nH]c(=O)o2)cc1N[C@@H](C)C1CCNCC1. The summed E-state index contributed by atoms with van der Waals surface area (Å²) in [5.41, 5.74) is 1.39. The first-order valence-corrected chi connectivity index (χ1v) is 9.35. The number of aromatic amines is 1. The van der Waals surface area contributed by atoms with Crippen molar-refractivity contribution in [3.63, 3.8) is 0 Å². The lowest BCUT2D eigenvalue weighted by atomic mass is 9.91. The Kier molecular flexibility index (Phi) is 5.88. The van der Waals surface area contributed by atoms with Crippen LogP contribution in [0.3, 0.4) is 0 Å². The second-order valence-electron chi connectivity index (χ2n) is 6.94. The van der Waals surface area contributed by atoms with E-state index in [0.717, 1.165) is 31.6 Å². The highest BCUT2D eigenvalue weighted by atomic mass is 35.5. The Hall–Kier alpha value is -1.99. The zero-order valence-electron chi connectivity index (χ0n) is 15.3. The van der Waals surface area contributed by atoms with Gasteiger partial charge in [0.1, 0.15) is 0 Å². The van der Waals surface area contributed by atoms with Crippen molar-refractivity contribution in [3.05, 3.63) is 27.7 Å². The topological polar surface area (TPSA) is 92.2 Å². The highest BCUT2D eigenvalue weighted by Gasteiger charge is 2.23. The van der Waals surface area contributed by atoms with Crippen molar-refractivity contribution in [3.8, 4) is 17.2 Å². The van der Waals surface area contributed by atoms with Crippen molar-refractivity contribution in [2.75, 3.05) is 18.4 Å². The first kappa shape index (κ1) is 18.8. The van der Waals surface area contributed by atoms with Crippen LogP contribution in [0.5, 0.6) is 5.75 Å². The molecule has 142 valence electrons. The average Bonchev–Trinajstić information content (AvgIpc) is 3.04. The molecule has 3 N–H and O–H groups in total. The minimum absolute atomic E-state index is 0.0172. The van der Waals surface area contributed by atoms with E-state index in [1.54, 1.807) is 6.07 Å². The number of nitrogens with zero attached hydrogens (tertiary/aromatic N) is 1. The van der Waals surface area contributed by atoms with Crippen LogP contribution in [0.1, 0.15) is 33.6 Å². The molecule has 1 fully saturated rings. The summed E-state index contributed by atoms with van der Waals surface area (Å²) in [6.45, 7) is 8.15. The van der Waals surface area contributed by atoms with Gasteiger partial charge in [0.2, 0.25) is 5.89 Å². The van der Waals surface area contributed by atoms with Gasteiger partial charge in [-0.15, -0.1) is 5.10 Å². The second-order valence-corrected chi connectivity index (χ2v) is 7.35. The minimum atomic E-state index is -0.601. The Bertz CT molecular complexity index is 796. The Labute approximate surface area is 157 Å². The quantitative estimate of drug-likeness (QED) is 0.712. The maximum Gasteiger partial charge on any atom is 0.434 e. The number of benzene rings is 1. The van der Waals surface area contributed by atoms with Gasteiger partial charge in [0.15, 0.2) is 5.75 Å². The van der Waals surface area contributed by atoms with Gasteiger partial charge in [-0.05, 0) is 64.8 Å². The summed E-state index contributed by atoms with van der Waals surface area (Å²) in [6, 6.07) is 3.81. The lowest BCUT2D eigenvalue weighted by Gasteiger charge is -2.30. The molecule has 1 aromatic carbocycles. The van der Waals surface area contributed by atoms with E-state index in [1.807, 2.05) is 19.9 Å². The summed E-state index contributed by atoms with van der Waals surface area (Å²) in [5, 5.41) is 13.5. The number of hydrogen-bond donors (Lipinski definition) is 3. The fourth-order valence-corrected chi connectivity index (χ4v) is 3.50. The highest BCUT2D eigenvalue weighted by Crippen LogP contribution is 2.39. The fourth-order valence-electron chi connectivity index (χ4n) is 3.24. The van der Waals surface area contributed by atoms with Gasteiger partial charge in [-0.3, -0.25) is 0 Å². The van der Waals surface area contributed by atoms with Gasteiger partial charge in [0, 0.05) is 11.6 Å². The molecule has 2 heterocycles. The van der Waals surface area contributed by atoms with Gasteiger partial charge < -0.3 is 19.8 Å². The van der Waals surface area contributed by atoms with Crippen LogP contribution in [0.15, 0.2) is 21.3 Å². The summed E-state index contributed by atoms with van der Waals surface area (Å²) in [6.07, 6.45) is 2.23. The standard InChI is InChI=1S/C18H25ClN4O3/c1-10(2)25-16-14(19)8-13(17-22-23-18(24)26-17)9-15(16)21-11(3)12-4-6-20-7-5-12/h8-12,20-21H,4-7H2,1-3H3,(H,23,24)/t11-/m0/s1. The number of hydrogen-bond acceptors (Lipinski definition) is 6. The highest BCUT2D eigenvalue weighted by molar-refractivity contribution is 6.32. The molecule has 8 heteroatoms. The van der Waals surface area contributed by atoms with E-state index in [2.05, 4.69) is 27.8 Å². The predicted molar refractivity (Wildman–Crippen MR) is 102 cm³/mol. The molecule has 1 saturated heterocycles. The van der Waals surface area contributed by atoms with Crippen LogP contribution < -0.4 is 21.1 Å². The van der Waals surface area contributed by atoms with Crippen LogP contribution in [0, 0.1) is 5.92 Å². The Balaban J connectivity index is 1.93. The van der Waals surface area contributed by atoms with Crippen molar-refractivity contribution < 1.29 is 9.15 Å². The van der Waals surface area contributed by atoms with Crippen molar-refractivity contribution >= 4 is 17.3 Å². The molecule has 0 radical (unpaired) electrons. The molecule has 1 aliphatic rings. The molecule has 0 saturated carbocycles.